The van der Waals surface area contributed by atoms with Gasteiger partial charge in [-0.3, -0.25) is 4.79 Å². The van der Waals surface area contributed by atoms with E-state index >= 15 is 0 Å². The summed E-state index contributed by atoms with van der Waals surface area (Å²) in [6.45, 7) is 6.47. The molecule has 1 atom stereocenters. The monoisotopic (exact) mass is 329 g/mol. The molecule has 0 aromatic rings. The number of carbonyl (C=O) groups is 2. The van der Waals surface area contributed by atoms with E-state index in [1.807, 2.05) is 6.92 Å². The molecule has 5 heteroatoms. The molecular formula is C17H31NO3S. The molecule has 0 heterocycles. The van der Waals surface area contributed by atoms with Gasteiger partial charge < -0.3 is 10.4 Å². The van der Waals surface area contributed by atoms with Crippen LogP contribution in [0.4, 0.5) is 0 Å². The van der Waals surface area contributed by atoms with Crippen molar-refractivity contribution in [2.75, 3.05) is 5.75 Å². The van der Waals surface area contributed by atoms with Gasteiger partial charge in [-0.2, -0.15) is 12.6 Å². The minimum atomic E-state index is -1.02. The van der Waals surface area contributed by atoms with Gasteiger partial charge in [-0.05, 0) is 37.5 Å². The summed E-state index contributed by atoms with van der Waals surface area (Å²) in [5.41, 5.74) is -0.425. The second-order valence-electron chi connectivity index (χ2n) is 7.38. The minimum Gasteiger partial charge on any atom is -0.480 e. The Morgan fingerprint density at radius 2 is 1.91 bits per heavy atom. The van der Waals surface area contributed by atoms with Crippen LogP contribution < -0.4 is 5.32 Å². The van der Waals surface area contributed by atoms with E-state index in [9.17, 15) is 9.59 Å². The number of carboxylic acid groups (broad SMARTS) is 1. The van der Waals surface area contributed by atoms with Gasteiger partial charge >= 0.3 is 5.97 Å². The molecule has 1 saturated carbocycles. The summed E-state index contributed by atoms with van der Waals surface area (Å²) in [4.78, 5) is 23.4. The Morgan fingerprint density at radius 3 is 2.36 bits per heavy atom. The minimum absolute atomic E-state index is 0.120. The van der Waals surface area contributed by atoms with E-state index in [0.717, 1.165) is 37.5 Å². The van der Waals surface area contributed by atoms with E-state index in [1.54, 1.807) is 0 Å². The lowest BCUT2D eigenvalue weighted by Gasteiger charge is -2.36. The third-order valence-corrected chi connectivity index (χ3v) is 5.30. The first-order chi connectivity index (χ1) is 10.3. The summed E-state index contributed by atoms with van der Waals surface area (Å²) in [5, 5.41) is 11.7. The number of aliphatic carboxylic acids is 1. The van der Waals surface area contributed by atoms with Crippen LogP contribution in [0.2, 0.25) is 0 Å². The van der Waals surface area contributed by atoms with Gasteiger partial charge in [0.2, 0.25) is 5.91 Å². The third-order valence-electron chi connectivity index (χ3n) is 4.94. The molecule has 1 aliphatic rings. The summed E-state index contributed by atoms with van der Waals surface area (Å²) in [7, 11) is 0. The van der Waals surface area contributed by atoms with Gasteiger partial charge in [0.1, 0.15) is 6.04 Å². The summed E-state index contributed by atoms with van der Waals surface area (Å²) >= 11 is 3.99. The van der Waals surface area contributed by atoms with Crippen LogP contribution in [-0.4, -0.2) is 28.8 Å². The van der Waals surface area contributed by atoms with Crippen LogP contribution in [-0.2, 0) is 9.59 Å². The molecule has 1 fully saturated rings. The van der Waals surface area contributed by atoms with Crippen LogP contribution in [0.25, 0.3) is 0 Å². The first-order valence-corrected chi connectivity index (χ1v) is 9.06. The number of carboxylic acids is 1. The molecule has 128 valence electrons. The molecule has 1 amide bonds. The van der Waals surface area contributed by atoms with Gasteiger partial charge in [0, 0.05) is 11.2 Å². The maximum absolute atomic E-state index is 12.4. The van der Waals surface area contributed by atoms with Crippen molar-refractivity contribution in [3.63, 3.8) is 0 Å². The molecule has 0 aromatic carbocycles. The van der Waals surface area contributed by atoms with Crippen LogP contribution in [0.3, 0.4) is 0 Å². The van der Waals surface area contributed by atoms with E-state index in [-0.39, 0.29) is 11.7 Å². The zero-order valence-electron chi connectivity index (χ0n) is 14.1. The number of amides is 1. The van der Waals surface area contributed by atoms with Gasteiger partial charge in [-0.1, -0.05) is 40.0 Å². The maximum Gasteiger partial charge on any atom is 0.327 e. The normalized spacial score (nSPS) is 26.7. The van der Waals surface area contributed by atoms with Crippen molar-refractivity contribution < 1.29 is 14.7 Å². The smallest absolute Gasteiger partial charge is 0.327 e. The molecule has 0 unspecified atom stereocenters. The number of carbonyl (C=O) groups excluding carboxylic acids is 1. The molecule has 0 saturated heterocycles. The molecule has 22 heavy (non-hydrogen) atoms. The number of hydrogen-bond donors (Lipinski definition) is 3. The lowest BCUT2D eigenvalue weighted by atomic mass is 9.70. The van der Waals surface area contributed by atoms with Gasteiger partial charge in [0.15, 0.2) is 0 Å². The molecule has 0 radical (unpaired) electrons. The van der Waals surface area contributed by atoms with Crippen LogP contribution in [0.1, 0.15) is 65.7 Å². The molecule has 4 nitrogen and oxygen atoms in total. The molecule has 0 bridgehead atoms. The highest BCUT2D eigenvalue weighted by Crippen LogP contribution is 2.40. The average molecular weight is 330 g/mol. The van der Waals surface area contributed by atoms with Crippen molar-refractivity contribution in [2.24, 2.45) is 17.3 Å². The Balaban J connectivity index is 2.43. The molecular weight excluding hydrogens is 298 g/mol. The predicted molar refractivity (Wildman–Crippen MR) is 92.2 cm³/mol. The molecule has 0 aliphatic heterocycles. The lowest BCUT2D eigenvalue weighted by Crippen LogP contribution is -2.49. The van der Waals surface area contributed by atoms with Crippen LogP contribution in [0.5, 0.6) is 0 Å². The fraction of sp³-hybridized carbons (Fsp3) is 0.882. The highest BCUT2D eigenvalue weighted by Gasteiger charge is 2.38. The fourth-order valence-corrected chi connectivity index (χ4v) is 3.41. The van der Waals surface area contributed by atoms with Crippen molar-refractivity contribution in [1.82, 2.24) is 5.32 Å². The first-order valence-electron chi connectivity index (χ1n) is 8.43. The van der Waals surface area contributed by atoms with E-state index in [4.69, 9.17) is 5.11 Å². The first kappa shape index (κ1) is 19.3. The zero-order valence-corrected chi connectivity index (χ0v) is 15.0. The van der Waals surface area contributed by atoms with E-state index < -0.39 is 17.4 Å². The molecule has 0 aromatic heterocycles. The van der Waals surface area contributed by atoms with E-state index in [1.165, 1.54) is 19.3 Å². The van der Waals surface area contributed by atoms with Gasteiger partial charge in [-0.15, -0.1) is 0 Å². The SMILES string of the molecule is CC(C)CCC[C@H]1CC[C@](C)(C(=O)N[C@@H](CS)C(=O)O)CC1. The van der Waals surface area contributed by atoms with Crippen molar-refractivity contribution in [3.8, 4) is 0 Å². The lowest BCUT2D eigenvalue weighted by molar-refractivity contribution is -0.143. The molecule has 0 spiro atoms. The Morgan fingerprint density at radius 1 is 1.32 bits per heavy atom. The number of thiol groups is 1. The van der Waals surface area contributed by atoms with Gasteiger partial charge in [0.05, 0.1) is 0 Å². The van der Waals surface area contributed by atoms with Crippen molar-refractivity contribution in [3.05, 3.63) is 0 Å². The standard InChI is InChI=1S/C17H31NO3S/c1-12(2)5-4-6-13-7-9-17(3,10-8-13)16(21)18-14(11-22)15(19)20/h12-14,22H,4-11H2,1-3H3,(H,18,21)(H,19,20)/t13-,14-,17-/m0/s1. The van der Waals surface area contributed by atoms with Crippen LogP contribution in [0.15, 0.2) is 0 Å². The van der Waals surface area contributed by atoms with Crippen LogP contribution >= 0.6 is 12.6 Å². The Kier molecular flexibility index (Phi) is 7.74. The topological polar surface area (TPSA) is 66.4 Å². The number of rotatable bonds is 8. The van der Waals surface area contributed by atoms with Crippen LogP contribution in [0, 0.1) is 17.3 Å². The Labute approximate surface area is 139 Å². The quantitative estimate of drug-likeness (QED) is 0.597. The van der Waals surface area contributed by atoms with Crippen molar-refractivity contribution in [1.29, 1.82) is 0 Å². The average Bonchev–Trinajstić information content (AvgIpc) is 2.46. The highest BCUT2D eigenvalue weighted by atomic mass is 32.1. The molecule has 1 aliphatic carbocycles. The zero-order chi connectivity index (χ0) is 16.8. The largest absolute Gasteiger partial charge is 0.480 e. The van der Waals surface area contributed by atoms with E-state index in [2.05, 4.69) is 31.8 Å². The highest BCUT2D eigenvalue weighted by molar-refractivity contribution is 7.80. The Hall–Kier alpha value is -0.710. The fourth-order valence-electron chi connectivity index (χ4n) is 3.16. The predicted octanol–water partition coefficient (Wildman–Crippen LogP) is 3.51. The Bertz CT molecular complexity index is 376. The summed E-state index contributed by atoms with van der Waals surface area (Å²) in [6, 6.07) is -0.892. The summed E-state index contributed by atoms with van der Waals surface area (Å²) in [6.07, 6.45) is 7.64. The molecule has 2 N–H and O–H groups in total. The number of hydrogen-bond acceptors (Lipinski definition) is 3. The van der Waals surface area contributed by atoms with Gasteiger partial charge in [-0.25, -0.2) is 4.79 Å². The molecule has 1 rings (SSSR count). The van der Waals surface area contributed by atoms with E-state index in [0.29, 0.717) is 0 Å². The summed E-state index contributed by atoms with van der Waals surface area (Å²) < 4.78 is 0. The third kappa shape index (κ3) is 5.82. The maximum atomic E-state index is 12.4. The van der Waals surface area contributed by atoms with Crippen molar-refractivity contribution >= 4 is 24.5 Å². The van der Waals surface area contributed by atoms with Crippen molar-refractivity contribution in [2.45, 2.75) is 71.8 Å². The second kappa shape index (κ2) is 8.80. The van der Waals surface area contributed by atoms with Gasteiger partial charge in [0.25, 0.3) is 0 Å². The summed E-state index contributed by atoms with van der Waals surface area (Å²) in [5.74, 6) is 0.451. The number of nitrogens with one attached hydrogen (secondary N) is 1. The second-order valence-corrected chi connectivity index (χ2v) is 7.74.